The van der Waals surface area contributed by atoms with E-state index in [4.69, 9.17) is 4.74 Å². The van der Waals surface area contributed by atoms with Gasteiger partial charge in [-0.15, -0.1) is 11.3 Å². The molecule has 0 bridgehead atoms. The summed E-state index contributed by atoms with van der Waals surface area (Å²) in [6.07, 6.45) is 1.18. The number of hydrogen-bond donors (Lipinski definition) is 1. The number of benzene rings is 1. The maximum absolute atomic E-state index is 12.6. The topological polar surface area (TPSA) is 84.4 Å². The fourth-order valence-electron chi connectivity index (χ4n) is 3.88. The van der Waals surface area contributed by atoms with Crippen LogP contribution >= 0.6 is 11.3 Å². The quantitative estimate of drug-likeness (QED) is 0.439. The Kier molecular flexibility index (Phi) is 6.18. The molecular weight excluding hydrogens is 412 g/mol. The molecule has 0 aliphatic carbocycles. The van der Waals surface area contributed by atoms with E-state index in [1.165, 1.54) is 22.5 Å². The highest BCUT2D eigenvalue weighted by Crippen LogP contribution is 2.34. The van der Waals surface area contributed by atoms with Gasteiger partial charge in [-0.2, -0.15) is 0 Å². The summed E-state index contributed by atoms with van der Waals surface area (Å²) < 4.78 is 5.17. The zero-order valence-electron chi connectivity index (χ0n) is 18.0. The van der Waals surface area contributed by atoms with Crippen LogP contribution in [0.5, 0.6) is 0 Å². The minimum Gasteiger partial charge on any atom is -0.462 e. The minimum absolute atomic E-state index is 0.165. The lowest BCUT2D eigenvalue weighted by Crippen LogP contribution is -2.25. The van der Waals surface area contributed by atoms with Gasteiger partial charge < -0.3 is 15.0 Å². The third kappa shape index (κ3) is 4.39. The van der Waals surface area contributed by atoms with E-state index in [1.807, 2.05) is 30.9 Å². The van der Waals surface area contributed by atoms with E-state index in [1.54, 1.807) is 6.92 Å². The lowest BCUT2D eigenvalue weighted by atomic mass is 10.1. The van der Waals surface area contributed by atoms with Crippen molar-refractivity contribution in [1.82, 2.24) is 14.9 Å². The van der Waals surface area contributed by atoms with Gasteiger partial charge >= 0.3 is 5.97 Å². The Labute approximate surface area is 185 Å². The van der Waals surface area contributed by atoms with Crippen molar-refractivity contribution in [3.8, 4) is 0 Å². The molecule has 0 fully saturated rings. The minimum atomic E-state index is -0.330. The number of aryl methyl sites for hydroxylation is 2. The Bertz CT molecular complexity index is 1120. The average Bonchev–Trinajstić information content (AvgIpc) is 3.32. The second-order valence-electron chi connectivity index (χ2n) is 7.63. The zero-order valence-corrected chi connectivity index (χ0v) is 18.8. The van der Waals surface area contributed by atoms with E-state index in [9.17, 15) is 9.59 Å². The summed E-state index contributed by atoms with van der Waals surface area (Å²) >= 11 is 1.33. The Hall–Kier alpha value is -3.00. The van der Waals surface area contributed by atoms with Crippen molar-refractivity contribution in [3.63, 3.8) is 0 Å². The second kappa shape index (κ2) is 9.01. The van der Waals surface area contributed by atoms with Crippen LogP contribution in [0.25, 0.3) is 10.2 Å². The highest BCUT2D eigenvalue weighted by Gasteiger charge is 2.23. The van der Waals surface area contributed by atoms with Gasteiger partial charge in [-0.25, -0.2) is 14.8 Å². The summed E-state index contributed by atoms with van der Waals surface area (Å²) in [5.41, 5.74) is 3.29. The van der Waals surface area contributed by atoms with E-state index in [0.29, 0.717) is 55.6 Å². The first-order valence-corrected chi connectivity index (χ1v) is 11.3. The number of carbonyl (C=O) groups excluding carboxylic acids is 2. The zero-order chi connectivity index (χ0) is 22.0. The Balaban J connectivity index is 1.39. The first-order valence-electron chi connectivity index (χ1n) is 10.5. The molecule has 8 heteroatoms. The highest BCUT2D eigenvalue weighted by atomic mass is 32.1. The van der Waals surface area contributed by atoms with E-state index < -0.39 is 0 Å². The van der Waals surface area contributed by atoms with Gasteiger partial charge in [-0.05, 0) is 43.9 Å². The maximum atomic E-state index is 12.6. The molecule has 162 valence electrons. The lowest BCUT2D eigenvalue weighted by molar-refractivity contribution is -0.131. The molecule has 1 aromatic carbocycles. The third-order valence-electron chi connectivity index (χ3n) is 5.42. The largest absolute Gasteiger partial charge is 0.462 e. The van der Waals surface area contributed by atoms with Crippen molar-refractivity contribution in [2.45, 2.75) is 46.7 Å². The first-order chi connectivity index (χ1) is 15.0. The van der Waals surface area contributed by atoms with Crippen LogP contribution in [0.4, 0.5) is 5.82 Å². The molecule has 7 nitrogen and oxygen atoms in total. The molecule has 0 unspecified atom stereocenters. The molecule has 3 aromatic rings. The smallest absolute Gasteiger partial charge is 0.348 e. The van der Waals surface area contributed by atoms with Gasteiger partial charge in [0, 0.05) is 26.1 Å². The SMILES string of the molecule is CCOC(=O)c1sc2nc(C)nc(NCCCC(=O)N3Cc4ccccc4C3)c2c1C. The van der Waals surface area contributed by atoms with E-state index >= 15 is 0 Å². The number of amides is 1. The van der Waals surface area contributed by atoms with Crippen LogP contribution in [-0.4, -0.2) is 39.9 Å². The van der Waals surface area contributed by atoms with Crippen LogP contribution in [0.2, 0.25) is 0 Å². The molecule has 0 spiro atoms. The second-order valence-corrected chi connectivity index (χ2v) is 8.62. The molecule has 2 aromatic heterocycles. The highest BCUT2D eigenvalue weighted by molar-refractivity contribution is 7.20. The summed E-state index contributed by atoms with van der Waals surface area (Å²) in [4.78, 5) is 37.1. The van der Waals surface area contributed by atoms with Gasteiger partial charge in [0.05, 0.1) is 12.0 Å². The van der Waals surface area contributed by atoms with Gasteiger partial charge in [0.25, 0.3) is 0 Å². The number of ether oxygens (including phenoxy) is 1. The van der Waals surface area contributed by atoms with Crippen LogP contribution in [-0.2, 0) is 22.6 Å². The standard InChI is InChI=1S/C23H26N4O3S/c1-4-30-23(29)20-14(2)19-21(25-15(3)26-22(19)31-20)24-11-7-10-18(28)27-12-16-8-5-6-9-17(16)13-27/h5-6,8-9H,4,7,10-13H2,1-3H3,(H,24,25,26). The van der Waals surface area contributed by atoms with Crippen molar-refractivity contribution >= 4 is 39.2 Å². The number of hydrogen-bond acceptors (Lipinski definition) is 7. The molecule has 1 aliphatic heterocycles. The average molecular weight is 439 g/mol. The molecule has 0 radical (unpaired) electrons. The van der Waals surface area contributed by atoms with Gasteiger partial charge in [0.2, 0.25) is 5.91 Å². The van der Waals surface area contributed by atoms with Gasteiger partial charge in [-0.3, -0.25) is 4.79 Å². The molecule has 1 amide bonds. The number of esters is 1. The molecule has 0 saturated heterocycles. The monoisotopic (exact) mass is 438 g/mol. The molecule has 1 N–H and O–H groups in total. The lowest BCUT2D eigenvalue weighted by Gasteiger charge is -2.15. The van der Waals surface area contributed by atoms with Crippen LogP contribution in [0.1, 0.15) is 52.0 Å². The molecule has 31 heavy (non-hydrogen) atoms. The third-order valence-corrected chi connectivity index (χ3v) is 6.58. The van der Waals surface area contributed by atoms with Crippen LogP contribution in [0, 0.1) is 13.8 Å². The number of nitrogens with one attached hydrogen (secondary N) is 1. The van der Waals surface area contributed by atoms with Crippen molar-refractivity contribution in [2.75, 3.05) is 18.5 Å². The number of fused-ring (bicyclic) bond motifs is 2. The summed E-state index contributed by atoms with van der Waals surface area (Å²) in [5, 5.41) is 4.20. The number of rotatable bonds is 7. The predicted octanol–water partition coefficient (Wildman–Crippen LogP) is 4.22. The van der Waals surface area contributed by atoms with Crippen LogP contribution < -0.4 is 5.32 Å². The first kappa shape index (κ1) is 21.2. The Morgan fingerprint density at radius 3 is 2.55 bits per heavy atom. The summed E-state index contributed by atoms with van der Waals surface area (Å²) in [5.74, 6) is 1.17. The molecule has 3 heterocycles. The number of nitrogens with zero attached hydrogens (tertiary/aromatic N) is 3. The van der Waals surface area contributed by atoms with E-state index in [2.05, 4.69) is 27.4 Å². The van der Waals surface area contributed by atoms with Crippen molar-refractivity contribution < 1.29 is 14.3 Å². The van der Waals surface area contributed by atoms with Gasteiger partial charge in [0.1, 0.15) is 21.3 Å². The van der Waals surface area contributed by atoms with Crippen molar-refractivity contribution in [1.29, 1.82) is 0 Å². The molecular formula is C23H26N4O3S. The Morgan fingerprint density at radius 1 is 1.16 bits per heavy atom. The number of aromatic nitrogens is 2. The van der Waals surface area contributed by atoms with E-state index in [0.717, 1.165) is 15.8 Å². The van der Waals surface area contributed by atoms with Crippen molar-refractivity contribution in [2.24, 2.45) is 0 Å². The number of anilines is 1. The molecule has 4 rings (SSSR count). The molecule has 0 saturated carbocycles. The fraction of sp³-hybridized carbons (Fsp3) is 0.391. The van der Waals surface area contributed by atoms with Gasteiger partial charge in [-0.1, -0.05) is 24.3 Å². The molecule has 0 atom stereocenters. The predicted molar refractivity (Wildman–Crippen MR) is 121 cm³/mol. The van der Waals surface area contributed by atoms with E-state index in [-0.39, 0.29) is 11.9 Å². The van der Waals surface area contributed by atoms with Crippen LogP contribution in [0.3, 0.4) is 0 Å². The van der Waals surface area contributed by atoms with Crippen molar-refractivity contribution in [3.05, 3.63) is 51.7 Å². The van der Waals surface area contributed by atoms with Gasteiger partial charge in [0.15, 0.2) is 0 Å². The fourth-order valence-corrected chi connectivity index (χ4v) is 5.00. The summed E-state index contributed by atoms with van der Waals surface area (Å²) in [7, 11) is 0. The Morgan fingerprint density at radius 2 is 1.87 bits per heavy atom. The van der Waals surface area contributed by atoms with Crippen LogP contribution in [0.15, 0.2) is 24.3 Å². The number of thiophene rings is 1. The summed E-state index contributed by atoms with van der Waals surface area (Å²) in [6.45, 7) is 7.85. The number of carbonyl (C=O) groups is 2. The maximum Gasteiger partial charge on any atom is 0.348 e. The summed E-state index contributed by atoms with van der Waals surface area (Å²) in [6, 6.07) is 8.20. The normalized spacial score (nSPS) is 12.8. The molecule has 1 aliphatic rings.